The summed E-state index contributed by atoms with van der Waals surface area (Å²) in [5, 5.41) is 10.5. The Labute approximate surface area is 129 Å². The first-order valence-electron chi connectivity index (χ1n) is 5.41. The number of non-ortho nitro benzene ring substituents is 1. The first kappa shape index (κ1) is 14.7. The first-order chi connectivity index (χ1) is 9.38. The minimum atomic E-state index is -3.69. The number of anilines is 1. The maximum atomic E-state index is 12.1. The number of rotatable bonds is 4. The SMILES string of the molecule is O=[N+]([O-])c1ccc(NS(=O)(=O)c2ccc(I)cc2)cc1. The zero-order valence-corrected chi connectivity index (χ0v) is 13.0. The lowest BCUT2D eigenvalue weighted by Crippen LogP contribution is -2.12. The van der Waals surface area contributed by atoms with E-state index in [1.54, 1.807) is 12.1 Å². The molecule has 0 unspecified atom stereocenters. The Morgan fingerprint density at radius 1 is 1.00 bits per heavy atom. The molecule has 0 radical (unpaired) electrons. The van der Waals surface area contributed by atoms with Gasteiger partial charge in [-0.1, -0.05) is 0 Å². The van der Waals surface area contributed by atoms with E-state index in [-0.39, 0.29) is 16.3 Å². The third kappa shape index (κ3) is 3.45. The van der Waals surface area contributed by atoms with Crippen LogP contribution in [0.4, 0.5) is 11.4 Å². The number of nitro benzene ring substituents is 1. The summed E-state index contributed by atoms with van der Waals surface area (Å²) < 4.78 is 27.5. The van der Waals surface area contributed by atoms with Crippen molar-refractivity contribution in [2.45, 2.75) is 4.90 Å². The van der Waals surface area contributed by atoms with E-state index in [2.05, 4.69) is 27.3 Å². The molecule has 0 fully saturated rings. The van der Waals surface area contributed by atoms with Crippen LogP contribution in [0.3, 0.4) is 0 Å². The summed E-state index contributed by atoms with van der Waals surface area (Å²) in [4.78, 5) is 10.1. The Morgan fingerprint density at radius 2 is 1.55 bits per heavy atom. The second kappa shape index (κ2) is 5.75. The van der Waals surface area contributed by atoms with Crippen LogP contribution in [0.2, 0.25) is 0 Å². The lowest BCUT2D eigenvalue weighted by molar-refractivity contribution is -0.384. The molecule has 20 heavy (non-hydrogen) atoms. The van der Waals surface area contributed by atoms with E-state index < -0.39 is 14.9 Å². The predicted molar refractivity (Wildman–Crippen MR) is 83.1 cm³/mol. The lowest BCUT2D eigenvalue weighted by Gasteiger charge is -2.07. The zero-order valence-electron chi connectivity index (χ0n) is 9.99. The van der Waals surface area contributed by atoms with Crippen LogP contribution < -0.4 is 4.72 Å². The standard InChI is InChI=1S/C12H9IN2O4S/c13-9-1-7-12(8-2-9)20(18,19)14-10-3-5-11(6-4-10)15(16)17/h1-8,14H. The molecule has 0 saturated heterocycles. The minimum Gasteiger partial charge on any atom is -0.280 e. The molecular formula is C12H9IN2O4S. The Kier molecular flexibility index (Phi) is 4.23. The van der Waals surface area contributed by atoms with Gasteiger partial charge in [0, 0.05) is 21.4 Å². The summed E-state index contributed by atoms with van der Waals surface area (Å²) in [6, 6.07) is 11.5. The molecule has 0 aliphatic rings. The van der Waals surface area contributed by atoms with Gasteiger partial charge in [-0.3, -0.25) is 14.8 Å². The topological polar surface area (TPSA) is 89.3 Å². The van der Waals surface area contributed by atoms with Crippen LogP contribution in [0.5, 0.6) is 0 Å². The number of hydrogen-bond donors (Lipinski definition) is 1. The molecule has 6 nitrogen and oxygen atoms in total. The van der Waals surface area contributed by atoms with Gasteiger partial charge >= 0.3 is 0 Å². The fourth-order valence-corrected chi connectivity index (χ4v) is 2.90. The van der Waals surface area contributed by atoms with Crippen LogP contribution in [-0.4, -0.2) is 13.3 Å². The van der Waals surface area contributed by atoms with Crippen molar-refractivity contribution >= 4 is 44.0 Å². The van der Waals surface area contributed by atoms with E-state index >= 15 is 0 Å². The van der Waals surface area contributed by atoms with Gasteiger partial charge in [0.25, 0.3) is 15.7 Å². The highest BCUT2D eigenvalue weighted by Gasteiger charge is 2.14. The van der Waals surface area contributed by atoms with Crippen LogP contribution in [0, 0.1) is 13.7 Å². The van der Waals surface area contributed by atoms with E-state index in [9.17, 15) is 18.5 Å². The number of sulfonamides is 1. The summed E-state index contributed by atoms with van der Waals surface area (Å²) in [7, 11) is -3.69. The molecule has 0 aliphatic carbocycles. The average Bonchev–Trinajstić information content (AvgIpc) is 2.39. The van der Waals surface area contributed by atoms with E-state index in [0.29, 0.717) is 0 Å². The van der Waals surface area contributed by atoms with Gasteiger partial charge in [-0.25, -0.2) is 8.42 Å². The summed E-state index contributed by atoms with van der Waals surface area (Å²) in [5.41, 5.74) is 0.177. The van der Waals surface area contributed by atoms with E-state index in [4.69, 9.17) is 0 Å². The average molecular weight is 404 g/mol. The smallest absolute Gasteiger partial charge is 0.269 e. The largest absolute Gasteiger partial charge is 0.280 e. The monoisotopic (exact) mass is 404 g/mol. The molecule has 0 amide bonds. The lowest BCUT2D eigenvalue weighted by atomic mass is 10.3. The molecule has 2 aromatic rings. The molecule has 2 aromatic carbocycles. The van der Waals surface area contributed by atoms with Gasteiger partial charge in [-0.2, -0.15) is 0 Å². The maximum absolute atomic E-state index is 12.1. The van der Waals surface area contributed by atoms with Crippen LogP contribution in [-0.2, 0) is 10.0 Å². The van der Waals surface area contributed by atoms with Crippen molar-refractivity contribution in [2.24, 2.45) is 0 Å². The van der Waals surface area contributed by atoms with E-state index in [1.807, 2.05) is 0 Å². The molecule has 0 heterocycles. The van der Waals surface area contributed by atoms with Gasteiger partial charge in [-0.15, -0.1) is 0 Å². The van der Waals surface area contributed by atoms with Gasteiger partial charge in [0.15, 0.2) is 0 Å². The quantitative estimate of drug-likeness (QED) is 0.482. The maximum Gasteiger partial charge on any atom is 0.269 e. The van der Waals surface area contributed by atoms with E-state index in [1.165, 1.54) is 36.4 Å². The third-order valence-electron chi connectivity index (χ3n) is 2.45. The highest BCUT2D eigenvalue weighted by atomic mass is 127. The van der Waals surface area contributed by atoms with Crippen molar-refractivity contribution in [3.05, 3.63) is 62.2 Å². The third-order valence-corrected chi connectivity index (χ3v) is 4.57. The van der Waals surface area contributed by atoms with E-state index in [0.717, 1.165) is 3.57 Å². The van der Waals surface area contributed by atoms with Gasteiger partial charge in [-0.05, 0) is 59.0 Å². The predicted octanol–water partition coefficient (Wildman–Crippen LogP) is 3.00. The second-order valence-electron chi connectivity index (χ2n) is 3.86. The van der Waals surface area contributed by atoms with Crippen molar-refractivity contribution in [1.82, 2.24) is 0 Å². The summed E-state index contributed by atoms with van der Waals surface area (Å²) >= 11 is 2.08. The number of halogens is 1. The Hall–Kier alpha value is -1.68. The normalized spacial score (nSPS) is 11.1. The van der Waals surface area contributed by atoms with Crippen LogP contribution in [0.15, 0.2) is 53.4 Å². The number of nitrogens with one attached hydrogen (secondary N) is 1. The van der Waals surface area contributed by atoms with Crippen molar-refractivity contribution in [3.63, 3.8) is 0 Å². The minimum absolute atomic E-state index is 0.0952. The fraction of sp³-hybridized carbons (Fsp3) is 0. The summed E-state index contributed by atoms with van der Waals surface area (Å²) in [6.07, 6.45) is 0. The molecule has 1 N–H and O–H groups in total. The molecule has 0 aliphatic heterocycles. The summed E-state index contributed by atoms with van der Waals surface area (Å²) in [6.45, 7) is 0. The number of nitro groups is 1. The van der Waals surface area contributed by atoms with Crippen LogP contribution in [0.25, 0.3) is 0 Å². The summed E-state index contributed by atoms with van der Waals surface area (Å²) in [5.74, 6) is 0. The molecule has 0 aromatic heterocycles. The van der Waals surface area contributed by atoms with Gasteiger partial charge in [0.05, 0.1) is 9.82 Å². The molecule has 0 saturated carbocycles. The van der Waals surface area contributed by atoms with Crippen LogP contribution >= 0.6 is 22.6 Å². The Balaban J connectivity index is 2.24. The molecule has 0 spiro atoms. The van der Waals surface area contributed by atoms with Gasteiger partial charge in [0.2, 0.25) is 0 Å². The molecule has 104 valence electrons. The van der Waals surface area contributed by atoms with Gasteiger partial charge in [0.1, 0.15) is 0 Å². The van der Waals surface area contributed by atoms with Crippen LogP contribution in [0.1, 0.15) is 0 Å². The Morgan fingerprint density at radius 3 is 2.05 bits per heavy atom. The second-order valence-corrected chi connectivity index (χ2v) is 6.79. The number of benzene rings is 2. The number of nitrogens with zero attached hydrogens (tertiary/aromatic N) is 1. The molecule has 0 atom stereocenters. The van der Waals surface area contributed by atoms with Crippen molar-refractivity contribution in [1.29, 1.82) is 0 Å². The number of hydrogen-bond acceptors (Lipinski definition) is 4. The zero-order chi connectivity index (χ0) is 14.8. The molecule has 0 bridgehead atoms. The highest BCUT2D eigenvalue weighted by Crippen LogP contribution is 2.19. The first-order valence-corrected chi connectivity index (χ1v) is 7.97. The van der Waals surface area contributed by atoms with Crippen molar-refractivity contribution < 1.29 is 13.3 Å². The van der Waals surface area contributed by atoms with Crippen molar-refractivity contribution in [3.8, 4) is 0 Å². The van der Waals surface area contributed by atoms with Crippen molar-refractivity contribution in [2.75, 3.05) is 4.72 Å². The fourth-order valence-electron chi connectivity index (χ4n) is 1.48. The Bertz CT molecular complexity index is 727. The molecule has 2 rings (SSSR count). The highest BCUT2D eigenvalue weighted by molar-refractivity contribution is 14.1. The molecule has 8 heteroatoms. The molecular weight excluding hydrogens is 395 g/mol. The van der Waals surface area contributed by atoms with Gasteiger partial charge < -0.3 is 0 Å².